The summed E-state index contributed by atoms with van der Waals surface area (Å²) >= 11 is 0. The van der Waals surface area contributed by atoms with Crippen molar-refractivity contribution in [2.75, 3.05) is 26.2 Å². The van der Waals surface area contributed by atoms with Crippen LogP contribution in [0.15, 0.2) is 15.4 Å². The van der Waals surface area contributed by atoms with Crippen molar-refractivity contribution in [3.8, 4) is 0 Å². The summed E-state index contributed by atoms with van der Waals surface area (Å²) in [5, 5.41) is 11.6. The fourth-order valence-electron chi connectivity index (χ4n) is 3.49. The molecular formula is C14H19F2N3O4. The van der Waals surface area contributed by atoms with E-state index < -0.39 is 12.0 Å². The van der Waals surface area contributed by atoms with Crippen LogP contribution < -0.4 is 5.56 Å². The smallest absolute Gasteiger partial charge is 0.407 e. The van der Waals surface area contributed by atoms with Crippen LogP contribution in [0.3, 0.4) is 0 Å². The van der Waals surface area contributed by atoms with Gasteiger partial charge in [-0.2, -0.15) is 5.16 Å². The molecule has 2 fully saturated rings. The second-order valence-corrected chi connectivity index (χ2v) is 6.31. The quantitative estimate of drug-likeness (QED) is 0.877. The Hall–Kier alpha value is -1.90. The fraction of sp³-hybridized carbons (Fsp3) is 0.714. The lowest BCUT2D eigenvalue weighted by Gasteiger charge is -2.38. The van der Waals surface area contributed by atoms with Crippen LogP contribution in [0.1, 0.15) is 30.9 Å². The lowest BCUT2D eigenvalue weighted by Crippen LogP contribution is -2.50. The summed E-state index contributed by atoms with van der Waals surface area (Å²) in [6.45, 7) is 0.499. The largest absolute Gasteiger partial charge is 0.465 e. The van der Waals surface area contributed by atoms with Gasteiger partial charge in [0.2, 0.25) is 0 Å². The normalized spacial score (nSPS) is 28.2. The number of carbonyl (C=O) groups is 1. The van der Waals surface area contributed by atoms with E-state index in [1.54, 1.807) is 4.90 Å². The Morgan fingerprint density at radius 1 is 1.48 bits per heavy atom. The van der Waals surface area contributed by atoms with E-state index in [9.17, 15) is 23.5 Å². The maximum absolute atomic E-state index is 13.3. The number of nitrogens with one attached hydrogen (secondary N) is 1. The fourth-order valence-corrected chi connectivity index (χ4v) is 3.49. The maximum Gasteiger partial charge on any atom is 0.407 e. The van der Waals surface area contributed by atoms with Gasteiger partial charge in [-0.05, 0) is 12.8 Å². The minimum absolute atomic E-state index is 0.0855. The minimum Gasteiger partial charge on any atom is -0.465 e. The molecule has 3 heterocycles. The Kier molecular flexibility index (Phi) is 4.13. The molecule has 2 aliphatic rings. The number of likely N-dealkylation sites (tertiary alicyclic amines) is 2. The Morgan fingerprint density at radius 3 is 2.83 bits per heavy atom. The first-order valence-corrected chi connectivity index (χ1v) is 7.62. The molecule has 1 aromatic rings. The molecule has 2 atom stereocenters. The van der Waals surface area contributed by atoms with Crippen LogP contribution in [0.4, 0.5) is 13.6 Å². The van der Waals surface area contributed by atoms with Gasteiger partial charge in [0.25, 0.3) is 11.5 Å². The molecule has 3 rings (SSSR count). The number of amides is 1. The number of carboxylic acid groups (broad SMARTS) is 1. The monoisotopic (exact) mass is 331 g/mol. The molecular weight excluding hydrogens is 312 g/mol. The number of halogens is 2. The van der Waals surface area contributed by atoms with Crippen LogP contribution in [-0.4, -0.2) is 64.3 Å². The first-order chi connectivity index (χ1) is 10.8. The van der Waals surface area contributed by atoms with Gasteiger partial charge in [-0.25, -0.2) is 13.6 Å². The van der Waals surface area contributed by atoms with Crippen LogP contribution >= 0.6 is 0 Å². The van der Waals surface area contributed by atoms with Gasteiger partial charge in [0.05, 0.1) is 6.54 Å². The molecule has 0 aliphatic carbocycles. The van der Waals surface area contributed by atoms with Crippen molar-refractivity contribution in [3.05, 3.63) is 22.2 Å². The predicted molar refractivity (Wildman–Crippen MR) is 75.8 cm³/mol. The molecule has 2 saturated heterocycles. The number of aromatic nitrogens is 1. The topological polar surface area (TPSA) is 89.8 Å². The zero-order valence-corrected chi connectivity index (χ0v) is 12.5. The highest BCUT2D eigenvalue weighted by molar-refractivity contribution is 5.65. The van der Waals surface area contributed by atoms with Crippen molar-refractivity contribution in [3.63, 3.8) is 0 Å². The second kappa shape index (κ2) is 5.95. The number of piperidine rings is 1. The summed E-state index contributed by atoms with van der Waals surface area (Å²) in [4.78, 5) is 25.5. The van der Waals surface area contributed by atoms with Gasteiger partial charge in [0, 0.05) is 44.1 Å². The molecule has 2 unspecified atom stereocenters. The van der Waals surface area contributed by atoms with Gasteiger partial charge in [-0.1, -0.05) is 0 Å². The number of H-pyrrole nitrogens is 1. The van der Waals surface area contributed by atoms with Gasteiger partial charge in [-0.3, -0.25) is 9.69 Å². The van der Waals surface area contributed by atoms with Crippen LogP contribution in [-0.2, 0) is 0 Å². The second-order valence-electron chi connectivity index (χ2n) is 6.31. The molecule has 1 aromatic heterocycles. The van der Waals surface area contributed by atoms with E-state index in [0.717, 1.165) is 0 Å². The van der Waals surface area contributed by atoms with Crippen molar-refractivity contribution in [2.24, 2.45) is 0 Å². The third kappa shape index (κ3) is 3.54. The number of hydrogen-bond donors (Lipinski definition) is 2. The third-order valence-electron chi connectivity index (χ3n) is 4.62. The van der Waals surface area contributed by atoms with E-state index in [4.69, 9.17) is 4.52 Å². The Balaban J connectivity index is 1.70. The molecule has 0 saturated carbocycles. The summed E-state index contributed by atoms with van der Waals surface area (Å²) in [5.74, 6) is -2.29. The molecule has 0 bridgehead atoms. The lowest BCUT2D eigenvalue weighted by atomic mass is 9.89. The van der Waals surface area contributed by atoms with E-state index >= 15 is 0 Å². The van der Waals surface area contributed by atoms with Crippen LogP contribution in [0.5, 0.6) is 0 Å². The molecule has 7 nitrogen and oxygen atoms in total. The summed E-state index contributed by atoms with van der Waals surface area (Å²) in [6, 6.07) is 0.975. The van der Waals surface area contributed by atoms with Crippen molar-refractivity contribution >= 4 is 6.09 Å². The van der Waals surface area contributed by atoms with Gasteiger partial charge < -0.3 is 14.5 Å². The lowest BCUT2D eigenvalue weighted by molar-refractivity contribution is 0.00806. The molecule has 0 aromatic carbocycles. The SMILES string of the molecule is O=C(O)N1CCC(c2cc(=O)[nH]o2)CC1CN1CCC(F)(F)C1. The summed E-state index contributed by atoms with van der Waals surface area (Å²) in [7, 11) is 0. The van der Waals surface area contributed by atoms with Gasteiger partial charge in [0.1, 0.15) is 5.76 Å². The summed E-state index contributed by atoms with van der Waals surface area (Å²) in [6.07, 6.45) is -0.243. The molecule has 9 heteroatoms. The summed E-state index contributed by atoms with van der Waals surface area (Å²) < 4.78 is 31.8. The molecule has 128 valence electrons. The van der Waals surface area contributed by atoms with Gasteiger partial charge >= 0.3 is 6.09 Å². The van der Waals surface area contributed by atoms with Crippen molar-refractivity contribution in [1.29, 1.82) is 0 Å². The van der Waals surface area contributed by atoms with E-state index in [0.29, 0.717) is 25.1 Å². The van der Waals surface area contributed by atoms with Gasteiger partial charge in [0.15, 0.2) is 0 Å². The molecule has 2 N–H and O–H groups in total. The molecule has 0 radical (unpaired) electrons. The first-order valence-electron chi connectivity index (χ1n) is 7.62. The number of alkyl halides is 2. The summed E-state index contributed by atoms with van der Waals surface area (Å²) in [5.41, 5.74) is -0.337. The zero-order valence-electron chi connectivity index (χ0n) is 12.5. The van der Waals surface area contributed by atoms with Crippen LogP contribution in [0, 0.1) is 0 Å². The molecule has 2 aliphatic heterocycles. The Morgan fingerprint density at radius 2 is 2.26 bits per heavy atom. The number of nitrogens with zero attached hydrogens (tertiary/aromatic N) is 2. The first kappa shape index (κ1) is 16.0. The standard InChI is InChI=1S/C14H19F2N3O4/c15-14(16)2-4-18(8-14)7-10-5-9(1-3-19(10)13(21)22)11-6-12(20)17-23-11/h6,9-10H,1-5,7-8H2,(H,17,20)(H,21,22). The van der Waals surface area contributed by atoms with E-state index in [1.165, 1.54) is 11.0 Å². The van der Waals surface area contributed by atoms with Gasteiger partial charge in [-0.15, -0.1) is 0 Å². The van der Waals surface area contributed by atoms with Crippen molar-refractivity contribution in [1.82, 2.24) is 15.0 Å². The number of aromatic amines is 1. The average Bonchev–Trinajstić information content (AvgIpc) is 3.04. The highest BCUT2D eigenvalue weighted by Crippen LogP contribution is 2.33. The van der Waals surface area contributed by atoms with Crippen molar-refractivity contribution < 1.29 is 23.2 Å². The Bertz CT molecular complexity index is 630. The van der Waals surface area contributed by atoms with E-state index in [2.05, 4.69) is 5.16 Å². The molecule has 0 spiro atoms. The number of hydrogen-bond acceptors (Lipinski definition) is 4. The van der Waals surface area contributed by atoms with E-state index in [1.807, 2.05) is 0 Å². The minimum atomic E-state index is -2.70. The van der Waals surface area contributed by atoms with E-state index in [-0.39, 0.29) is 43.6 Å². The average molecular weight is 331 g/mol. The molecule has 23 heavy (non-hydrogen) atoms. The third-order valence-corrected chi connectivity index (χ3v) is 4.62. The van der Waals surface area contributed by atoms with Crippen molar-refractivity contribution in [2.45, 2.75) is 37.1 Å². The number of rotatable bonds is 3. The van der Waals surface area contributed by atoms with Crippen LogP contribution in [0.25, 0.3) is 0 Å². The Labute approximate surface area is 130 Å². The zero-order chi connectivity index (χ0) is 16.6. The maximum atomic E-state index is 13.3. The van der Waals surface area contributed by atoms with Crippen LogP contribution in [0.2, 0.25) is 0 Å². The predicted octanol–water partition coefficient (Wildman–Crippen LogP) is 1.53. The highest BCUT2D eigenvalue weighted by Gasteiger charge is 2.41. The highest BCUT2D eigenvalue weighted by atomic mass is 19.3. The molecule has 1 amide bonds.